The molecule has 76 valence electrons. The Hall–Kier alpha value is -0.840. The summed E-state index contributed by atoms with van der Waals surface area (Å²) in [6.07, 6.45) is -3.47. The summed E-state index contributed by atoms with van der Waals surface area (Å²) in [6.45, 7) is 0. The second-order valence-corrected chi connectivity index (χ2v) is 3.53. The second kappa shape index (κ2) is 4.59. The van der Waals surface area contributed by atoms with E-state index in [9.17, 15) is 18.0 Å². The third kappa shape index (κ3) is 2.83. The Morgan fingerprint density at radius 2 is 2.07 bits per heavy atom. The van der Waals surface area contributed by atoms with Crippen LogP contribution >= 0.6 is 15.9 Å². The van der Waals surface area contributed by atoms with Gasteiger partial charge in [-0.3, -0.25) is 4.79 Å². The molecule has 0 fully saturated rings. The van der Waals surface area contributed by atoms with E-state index in [1.807, 2.05) is 0 Å². The molecular weight excluding hydrogens is 261 g/mol. The highest BCUT2D eigenvalue weighted by molar-refractivity contribution is 9.10. The molecule has 1 rings (SSSR count). The van der Waals surface area contributed by atoms with Crippen LogP contribution < -0.4 is 0 Å². The molecule has 0 aliphatic carbocycles. The van der Waals surface area contributed by atoms with Crippen LogP contribution in [-0.2, 0) is 11.2 Å². The van der Waals surface area contributed by atoms with E-state index in [1.54, 1.807) is 0 Å². The first kappa shape index (κ1) is 11.2. The van der Waals surface area contributed by atoms with Crippen molar-refractivity contribution in [3.8, 4) is 0 Å². The topological polar surface area (TPSA) is 17.1 Å². The van der Waals surface area contributed by atoms with Gasteiger partial charge in [-0.05, 0) is 23.8 Å². The minimum atomic E-state index is -3.01. The van der Waals surface area contributed by atoms with E-state index in [1.165, 1.54) is 12.1 Å². The monoisotopic (exact) mass is 266 g/mol. The van der Waals surface area contributed by atoms with Crippen molar-refractivity contribution in [1.29, 1.82) is 0 Å². The molecule has 0 saturated carbocycles. The molecule has 0 spiro atoms. The van der Waals surface area contributed by atoms with Crippen LogP contribution in [0, 0.1) is 5.82 Å². The molecule has 0 saturated heterocycles. The number of benzene rings is 1. The van der Waals surface area contributed by atoms with Crippen molar-refractivity contribution in [2.45, 2.75) is 12.8 Å². The average molecular weight is 267 g/mol. The first-order valence-corrected chi connectivity index (χ1v) is 4.55. The summed E-state index contributed by atoms with van der Waals surface area (Å²) < 4.78 is 36.9. The average Bonchev–Trinajstić information content (AvgIpc) is 2.11. The number of hydrogen-bond donors (Lipinski definition) is 0. The molecule has 0 aromatic heterocycles. The van der Waals surface area contributed by atoms with Crippen LogP contribution in [0.4, 0.5) is 13.2 Å². The Balaban J connectivity index is 2.86. The molecule has 0 heterocycles. The molecule has 0 atom stereocenters. The maximum absolute atomic E-state index is 12.7. The lowest BCUT2D eigenvalue weighted by atomic mass is 10.1. The molecule has 0 N–H and O–H groups in total. The van der Waals surface area contributed by atoms with Gasteiger partial charge >= 0.3 is 0 Å². The van der Waals surface area contributed by atoms with Crippen molar-refractivity contribution in [2.75, 3.05) is 0 Å². The largest absolute Gasteiger partial charge is 0.296 e. The standard InChI is InChI=1S/C9H6BrF3O/c10-7-2-1-6(11)3-5(7)4-8(14)9(12)13/h1-3,9H,4H2. The van der Waals surface area contributed by atoms with Crippen LogP contribution in [0.25, 0.3) is 0 Å². The molecule has 0 amide bonds. The Morgan fingerprint density at radius 1 is 1.43 bits per heavy atom. The molecule has 0 unspecified atom stereocenters. The SMILES string of the molecule is O=C(Cc1cc(F)ccc1Br)C(F)F. The molecule has 0 aliphatic rings. The second-order valence-electron chi connectivity index (χ2n) is 2.68. The fourth-order valence-corrected chi connectivity index (χ4v) is 1.33. The summed E-state index contributed by atoms with van der Waals surface area (Å²) in [5, 5.41) is 0. The fraction of sp³-hybridized carbons (Fsp3) is 0.222. The summed E-state index contributed by atoms with van der Waals surface area (Å²) in [7, 11) is 0. The summed E-state index contributed by atoms with van der Waals surface area (Å²) in [4.78, 5) is 10.7. The predicted molar refractivity (Wildman–Crippen MR) is 48.8 cm³/mol. The highest BCUT2D eigenvalue weighted by atomic mass is 79.9. The lowest BCUT2D eigenvalue weighted by Crippen LogP contribution is -2.13. The van der Waals surface area contributed by atoms with Crippen molar-refractivity contribution >= 4 is 21.7 Å². The zero-order valence-corrected chi connectivity index (χ0v) is 8.52. The van der Waals surface area contributed by atoms with Crippen molar-refractivity contribution in [3.05, 3.63) is 34.1 Å². The summed E-state index contributed by atoms with van der Waals surface area (Å²) in [5.74, 6) is -1.76. The highest BCUT2D eigenvalue weighted by Crippen LogP contribution is 2.19. The summed E-state index contributed by atoms with van der Waals surface area (Å²) >= 11 is 3.04. The number of hydrogen-bond acceptors (Lipinski definition) is 1. The zero-order valence-electron chi connectivity index (χ0n) is 6.94. The smallest absolute Gasteiger partial charge is 0.293 e. The van der Waals surface area contributed by atoms with Crippen LogP contribution in [0.3, 0.4) is 0 Å². The quantitative estimate of drug-likeness (QED) is 0.822. The van der Waals surface area contributed by atoms with Crippen LogP contribution in [0.2, 0.25) is 0 Å². The van der Waals surface area contributed by atoms with Gasteiger partial charge in [0.15, 0.2) is 0 Å². The number of carbonyl (C=O) groups is 1. The van der Waals surface area contributed by atoms with Gasteiger partial charge in [-0.15, -0.1) is 0 Å². The van der Waals surface area contributed by atoms with Gasteiger partial charge in [0.25, 0.3) is 6.43 Å². The minimum Gasteiger partial charge on any atom is -0.293 e. The third-order valence-corrected chi connectivity index (χ3v) is 2.39. The van der Waals surface area contributed by atoms with E-state index < -0.39 is 24.4 Å². The number of Topliss-reactive ketones (excluding diaryl/α,β-unsaturated/α-hetero) is 1. The molecule has 1 aromatic rings. The molecule has 1 aromatic carbocycles. The van der Waals surface area contributed by atoms with Crippen LogP contribution in [0.15, 0.2) is 22.7 Å². The molecule has 0 aliphatic heterocycles. The van der Waals surface area contributed by atoms with Crippen LogP contribution in [0.1, 0.15) is 5.56 Å². The van der Waals surface area contributed by atoms with Gasteiger partial charge in [0.1, 0.15) is 5.82 Å². The van der Waals surface area contributed by atoms with Gasteiger partial charge in [0.2, 0.25) is 5.78 Å². The van der Waals surface area contributed by atoms with Gasteiger partial charge in [0.05, 0.1) is 0 Å². The van der Waals surface area contributed by atoms with E-state index in [-0.39, 0.29) is 5.56 Å². The number of ketones is 1. The zero-order chi connectivity index (χ0) is 10.7. The Labute approximate surface area is 87.1 Å². The molecule has 0 radical (unpaired) electrons. The van der Waals surface area contributed by atoms with Gasteiger partial charge < -0.3 is 0 Å². The summed E-state index contributed by atoms with van der Waals surface area (Å²) in [6, 6.07) is 3.62. The van der Waals surface area contributed by atoms with Crippen molar-refractivity contribution in [3.63, 3.8) is 0 Å². The van der Waals surface area contributed by atoms with E-state index in [4.69, 9.17) is 0 Å². The lowest BCUT2D eigenvalue weighted by molar-refractivity contribution is -0.128. The minimum absolute atomic E-state index is 0.232. The van der Waals surface area contributed by atoms with Gasteiger partial charge in [-0.2, -0.15) is 0 Å². The summed E-state index contributed by atoms with van der Waals surface area (Å²) in [5.41, 5.74) is 0.232. The predicted octanol–water partition coefficient (Wildman–Crippen LogP) is 2.96. The molecule has 5 heteroatoms. The van der Waals surface area contributed by atoms with Crippen molar-refractivity contribution in [2.24, 2.45) is 0 Å². The maximum atomic E-state index is 12.7. The molecule has 0 bridgehead atoms. The van der Waals surface area contributed by atoms with Crippen molar-refractivity contribution in [1.82, 2.24) is 0 Å². The first-order valence-electron chi connectivity index (χ1n) is 3.75. The van der Waals surface area contributed by atoms with Crippen LogP contribution in [-0.4, -0.2) is 12.2 Å². The Morgan fingerprint density at radius 3 is 2.64 bits per heavy atom. The normalized spacial score (nSPS) is 10.6. The van der Waals surface area contributed by atoms with Gasteiger partial charge in [0, 0.05) is 10.9 Å². The first-order chi connectivity index (χ1) is 6.50. The highest BCUT2D eigenvalue weighted by Gasteiger charge is 2.17. The third-order valence-electron chi connectivity index (χ3n) is 1.62. The van der Waals surface area contributed by atoms with E-state index in [2.05, 4.69) is 15.9 Å². The Kier molecular flexibility index (Phi) is 3.69. The number of halogens is 4. The maximum Gasteiger partial charge on any atom is 0.296 e. The Bertz CT molecular complexity index is 352. The van der Waals surface area contributed by atoms with Crippen LogP contribution in [0.5, 0.6) is 0 Å². The number of carbonyl (C=O) groups excluding carboxylic acids is 1. The van der Waals surface area contributed by atoms with E-state index in [0.29, 0.717) is 4.47 Å². The molecule has 1 nitrogen and oxygen atoms in total. The van der Waals surface area contributed by atoms with Gasteiger partial charge in [-0.1, -0.05) is 15.9 Å². The molecular formula is C9H6BrF3O. The van der Waals surface area contributed by atoms with Gasteiger partial charge in [-0.25, -0.2) is 13.2 Å². The van der Waals surface area contributed by atoms with Crippen molar-refractivity contribution < 1.29 is 18.0 Å². The number of alkyl halides is 2. The van der Waals surface area contributed by atoms with E-state index >= 15 is 0 Å². The number of rotatable bonds is 3. The van der Waals surface area contributed by atoms with E-state index in [0.717, 1.165) is 6.07 Å². The molecule has 14 heavy (non-hydrogen) atoms. The fourth-order valence-electron chi connectivity index (χ4n) is 0.944. The lowest BCUT2D eigenvalue weighted by Gasteiger charge is -2.03.